The van der Waals surface area contributed by atoms with E-state index in [0.717, 1.165) is 31.7 Å². The van der Waals surface area contributed by atoms with Crippen molar-refractivity contribution in [3.05, 3.63) is 24.8 Å². The molecule has 0 aliphatic heterocycles. The molecule has 0 radical (unpaired) electrons. The van der Waals surface area contributed by atoms with Crippen molar-refractivity contribution in [2.75, 3.05) is 26.3 Å². The Labute approximate surface area is 75.3 Å². The Balaban J connectivity index is 3.13. The molecule has 0 saturated heterocycles. The molecule has 0 rings (SSSR count). The minimum Gasteiger partial charge on any atom is -0.377 e. The van der Waals surface area contributed by atoms with Crippen LogP contribution in [0.25, 0.3) is 0 Å². The highest BCUT2D eigenvalue weighted by atomic mass is 16.5. The molecule has 12 heavy (non-hydrogen) atoms. The Morgan fingerprint density at radius 2 is 2.33 bits per heavy atom. The molecule has 1 N–H and O–H groups in total. The number of hydrogen-bond donors (Lipinski definition) is 1. The normalized spacial score (nSPS) is 9.75. The van der Waals surface area contributed by atoms with Gasteiger partial charge in [-0.3, -0.25) is 0 Å². The molecular weight excluding hydrogens is 150 g/mol. The van der Waals surface area contributed by atoms with Crippen LogP contribution in [-0.2, 0) is 4.74 Å². The minimum absolute atomic E-state index is 0.654. The van der Waals surface area contributed by atoms with Crippen molar-refractivity contribution in [3.63, 3.8) is 0 Å². The van der Waals surface area contributed by atoms with Gasteiger partial charge in [0, 0.05) is 6.54 Å². The van der Waals surface area contributed by atoms with E-state index in [4.69, 9.17) is 4.74 Å². The van der Waals surface area contributed by atoms with Gasteiger partial charge in [-0.15, -0.1) is 6.58 Å². The van der Waals surface area contributed by atoms with Gasteiger partial charge in [0.1, 0.15) is 0 Å². The summed E-state index contributed by atoms with van der Waals surface area (Å²) in [5.74, 6) is 0. The average Bonchev–Trinajstić information content (AvgIpc) is 2.09. The predicted molar refractivity (Wildman–Crippen MR) is 53.3 cm³/mol. The van der Waals surface area contributed by atoms with Crippen LogP contribution in [0.2, 0.25) is 0 Å². The van der Waals surface area contributed by atoms with Crippen LogP contribution in [-0.4, -0.2) is 26.3 Å². The molecule has 0 aromatic heterocycles. The Hall–Kier alpha value is -0.600. The monoisotopic (exact) mass is 169 g/mol. The molecule has 0 fully saturated rings. The van der Waals surface area contributed by atoms with Crippen LogP contribution in [0.15, 0.2) is 24.8 Å². The first-order chi connectivity index (χ1) is 5.81. The zero-order valence-corrected chi connectivity index (χ0v) is 7.94. The largest absolute Gasteiger partial charge is 0.377 e. The zero-order chi connectivity index (χ0) is 9.23. The van der Waals surface area contributed by atoms with E-state index in [1.807, 2.05) is 6.08 Å². The molecule has 0 aliphatic carbocycles. The summed E-state index contributed by atoms with van der Waals surface area (Å²) in [5.41, 5.74) is 1.10. The van der Waals surface area contributed by atoms with Gasteiger partial charge in [0.25, 0.3) is 0 Å². The summed E-state index contributed by atoms with van der Waals surface area (Å²) in [6, 6.07) is 0. The van der Waals surface area contributed by atoms with Gasteiger partial charge < -0.3 is 10.1 Å². The van der Waals surface area contributed by atoms with E-state index >= 15 is 0 Å². The lowest BCUT2D eigenvalue weighted by molar-refractivity contribution is 0.160. The second kappa shape index (κ2) is 8.50. The van der Waals surface area contributed by atoms with Gasteiger partial charge in [-0.2, -0.15) is 0 Å². The van der Waals surface area contributed by atoms with E-state index in [0.29, 0.717) is 6.61 Å². The van der Waals surface area contributed by atoms with Crippen molar-refractivity contribution in [2.45, 2.75) is 13.3 Å². The maximum absolute atomic E-state index is 5.32. The van der Waals surface area contributed by atoms with Crippen molar-refractivity contribution in [2.24, 2.45) is 0 Å². The van der Waals surface area contributed by atoms with Gasteiger partial charge in [-0.25, -0.2) is 0 Å². The Bertz CT molecular complexity index is 132. The lowest BCUT2D eigenvalue weighted by Gasteiger charge is -2.06. The molecule has 0 bridgehead atoms. The van der Waals surface area contributed by atoms with E-state index in [1.165, 1.54) is 0 Å². The maximum atomic E-state index is 5.32. The fraction of sp³-hybridized carbons (Fsp3) is 0.600. The highest BCUT2D eigenvalue weighted by molar-refractivity contribution is 4.96. The van der Waals surface area contributed by atoms with E-state index in [-0.39, 0.29) is 0 Å². The molecule has 0 aromatic carbocycles. The molecule has 0 aliphatic rings. The van der Waals surface area contributed by atoms with Gasteiger partial charge >= 0.3 is 0 Å². The summed E-state index contributed by atoms with van der Waals surface area (Å²) >= 11 is 0. The Morgan fingerprint density at radius 1 is 1.58 bits per heavy atom. The van der Waals surface area contributed by atoms with Crippen molar-refractivity contribution < 1.29 is 4.74 Å². The van der Waals surface area contributed by atoms with Gasteiger partial charge in [0.2, 0.25) is 0 Å². The summed E-state index contributed by atoms with van der Waals surface area (Å²) in [5, 5.41) is 3.19. The van der Waals surface area contributed by atoms with Gasteiger partial charge in [-0.1, -0.05) is 19.6 Å². The minimum atomic E-state index is 0.654. The maximum Gasteiger partial charge on any atom is 0.0686 e. The standard InChI is InChI=1S/C10H19NO/c1-4-6-7-12-9-10(3)8-11-5-2/h4,11H,1,3,5-9H2,2H3. The summed E-state index contributed by atoms with van der Waals surface area (Å²) in [6.45, 7) is 12.8. The van der Waals surface area contributed by atoms with Crippen LogP contribution in [0.4, 0.5) is 0 Å². The Kier molecular flexibility index (Phi) is 8.07. The molecule has 2 nitrogen and oxygen atoms in total. The molecule has 0 spiro atoms. The fourth-order valence-corrected chi connectivity index (χ4v) is 0.736. The first-order valence-corrected chi connectivity index (χ1v) is 4.37. The summed E-state index contributed by atoms with van der Waals surface area (Å²) in [6.07, 6.45) is 2.77. The molecule has 0 saturated carbocycles. The second-order valence-corrected chi connectivity index (χ2v) is 2.66. The van der Waals surface area contributed by atoms with E-state index in [1.54, 1.807) is 0 Å². The molecule has 70 valence electrons. The molecule has 0 unspecified atom stereocenters. The summed E-state index contributed by atoms with van der Waals surface area (Å²) < 4.78 is 5.32. The molecule has 0 atom stereocenters. The van der Waals surface area contributed by atoms with Crippen LogP contribution in [0.5, 0.6) is 0 Å². The lowest BCUT2D eigenvalue weighted by Crippen LogP contribution is -2.18. The molecule has 0 heterocycles. The van der Waals surface area contributed by atoms with Crippen LogP contribution >= 0.6 is 0 Å². The third-order valence-corrected chi connectivity index (χ3v) is 1.40. The van der Waals surface area contributed by atoms with Gasteiger partial charge in [0.15, 0.2) is 0 Å². The second-order valence-electron chi connectivity index (χ2n) is 2.66. The SMILES string of the molecule is C=CCCOCC(=C)CNCC. The number of likely N-dealkylation sites (N-methyl/N-ethyl adjacent to an activating group) is 1. The molecule has 2 heteroatoms. The number of ether oxygens (including phenoxy) is 1. The van der Waals surface area contributed by atoms with Crippen molar-refractivity contribution in [1.29, 1.82) is 0 Å². The van der Waals surface area contributed by atoms with Crippen molar-refractivity contribution in [3.8, 4) is 0 Å². The van der Waals surface area contributed by atoms with Crippen LogP contribution < -0.4 is 5.32 Å². The highest BCUT2D eigenvalue weighted by Gasteiger charge is 1.92. The third-order valence-electron chi connectivity index (χ3n) is 1.40. The number of rotatable bonds is 8. The number of nitrogens with one attached hydrogen (secondary N) is 1. The van der Waals surface area contributed by atoms with Crippen molar-refractivity contribution in [1.82, 2.24) is 5.32 Å². The van der Waals surface area contributed by atoms with Crippen LogP contribution in [0, 0.1) is 0 Å². The molecular formula is C10H19NO. The lowest BCUT2D eigenvalue weighted by atomic mass is 10.3. The van der Waals surface area contributed by atoms with Crippen molar-refractivity contribution >= 4 is 0 Å². The molecule has 0 aromatic rings. The topological polar surface area (TPSA) is 21.3 Å². The first kappa shape index (κ1) is 11.4. The van der Waals surface area contributed by atoms with E-state index in [2.05, 4.69) is 25.4 Å². The van der Waals surface area contributed by atoms with Crippen LogP contribution in [0.3, 0.4) is 0 Å². The van der Waals surface area contributed by atoms with E-state index < -0.39 is 0 Å². The quantitative estimate of drug-likeness (QED) is 0.441. The fourth-order valence-electron chi connectivity index (χ4n) is 0.736. The highest BCUT2D eigenvalue weighted by Crippen LogP contribution is 1.91. The average molecular weight is 169 g/mol. The zero-order valence-electron chi connectivity index (χ0n) is 7.94. The van der Waals surface area contributed by atoms with Crippen LogP contribution in [0.1, 0.15) is 13.3 Å². The molecule has 0 amide bonds. The smallest absolute Gasteiger partial charge is 0.0686 e. The summed E-state index contributed by atoms with van der Waals surface area (Å²) in [7, 11) is 0. The Morgan fingerprint density at radius 3 is 2.92 bits per heavy atom. The van der Waals surface area contributed by atoms with Gasteiger partial charge in [-0.05, 0) is 18.5 Å². The summed E-state index contributed by atoms with van der Waals surface area (Å²) in [4.78, 5) is 0. The third kappa shape index (κ3) is 7.51. The van der Waals surface area contributed by atoms with E-state index in [9.17, 15) is 0 Å². The van der Waals surface area contributed by atoms with Gasteiger partial charge in [0.05, 0.1) is 13.2 Å². The number of hydrogen-bond acceptors (Lipinski definition) is 2. The predicted octanol–water partition coefficient (Wildman–Crippen LogP) is 1.74. The first-order valence-electron chi connectivity index (χ1n) is 4.37.